The molecule has 3 aromatic rings. The van der Waals surface area contributed by atoms with Gasteiger partial charge in [0.1, 0.15) is 11.5 Å². The third-order valence-corrected chi connectivity index (χ3v) is 3.87. The summed E-state index contributed by atoms with van der Waals surface area (Å²) in [6, 6.07) is 26.4. The Bertz CT molecular complexity index is 798. The Labute approximate surface area is 141 Å². The van der Waals surface area contributed by atoms with E-state index < -0.39 is 11.9 Å². The molecule has 1 N–H and O–H groups in total. The summed E-state index contributed by atoms with van der Waals surface area (Å²) in [6.07, 6.45) is 0.377. The van der Waals surface area contributed by atoms with Crippen molar-refractivity contribution in [1.82, 2.24) is 0 Å². The molecule has 0 aliphatic heterocycles. The summed E-state index contributed by atoms with van der Waals surface area (Å²) in [4.78, 5) is 11.7. The maximum Gasteiger partial charge on any atom is 0.311 e. The fourth-order valence-corrected chi connectivity index (χ4v) is 2.64. The first-order valence-corrected chi connectivity index (χ1v) is 7.82. The summed E-state index contributed by atoms with van der Waals surface area (Å²) in [5.41, 5.74) is 1.66. The standard InChI is InChI=1S/C21H18O3/c22-21(23)19(16-9-3-1-4-10-16)15-17-11-7-8-14-20(17)24-18-12-5-2-6-13-18/h1-14,19H,15H2,(H,22,23). The number of hydrogen-bond donors (Lipinski definition) is 1. The van der Waals surface area contributed by atoms with Crippen LogP contribution in [0.25, 0.3) is 0 Å². The number of carboxylic acid groups (broad SMARTS) is 1. The molecule has 120 valence electrons. The van der Waals surface area contributed by atoms with Crippen LogP contribution in [-0.4, -0.2) is 11.1 Å². The molecule has 3 aromatic carbocycles. The van der Waals surface area contributed by atoms with Gasteiger partial charge in [0, 0.05) is 0 Å². The van der Waals surface area contributed by atoms with E-state index in [0.29, 0.717) is 12.2 Å². The predicted molar refractivity (Wildman–Crippen MR) is 93.5 cm³/mol. The minimum Gasteiger partial charge on any atom is -0.481 e. The van der Waals surface area contributed by atoms with E-state index in [1.165, 1.54) is 0 Å². The molecule has 24 heavy (non-hydrogen) atoms. The normalized spacial score (nSPS) is 11.7. The van der Waals surface area contributed by atoms with Crippen molar-refractivity contribution in [2.24, 2.45) is 0 Å². The summed E-state index contributed by atoms with van der Waals surface area (Å²) in [5.74, 6) is -0.0233. The van der Waals surface area contributed by atoms with Crippen LogP contribution in [0.2, 0.25) is 0 Å². The topological polar surface area (TPSA) is 46.5 Å². The highest BCUT2D eigenvalue weighted by Gasteiger charge is 2.21. The number of aliphatic carboxylic acids is 1. The molecule has 0 fully saturated rings. The van der Waals surface area contributed by atoms with Gasteiger partial charge in [-0.1, -0.05) is 66.7 Å². The van der Waals surface area contributed by atoms with Crippen LogP contribution in [0.5, 0.6) is 11.5 Å². The predicted octanol–water partition coefficient (Wildman–Crippen LogP) is 4.89. The molecule has 3 heteroatoms. The molecule has 0 bridgehead atoms. The van der Waals surface area contributed by atoms with Gasteiger partial charge in [0.15, 0.2) is 0 Å². The van der Waals surface area contributed by atoms with Crippen molar-refractivity contribution in [3.05, 3.63) is 96.1 Å². The van der Waals surface area contributed by atoms with Crippen LogP contribution in [0.1, 0.15) is 17.0 Å². The maximum absolute atomic E-state index is 11.7. The molecule has 0 aromatic heterocycles. The Morgan fingerprint density at radius 3 is 2.08 bits per heavy atom. The summed E-state index contributed by atoms with van der Waals surface area (Å²) >= 11 is 0. The monoisotopic (exact) mass is 318 g/mol. The molecule has 0 spiro atoms. The third kappa shape index (κ3) is 3.82. The molecule has 1 atom stereocenters. The molecule has 0 amide bonds. The minimum absolute atomic E-state index is 0.377. The second kappa shape index (κ2) is 7.47. The van der Waals surface area contributed by atoms with Gasteiger partial charge in [-0.15, -0.1) is 0 Å². The lowest BCUT2D eigenvalue weighted by Crippen LogP contribution is -2.14. The molecule has 0 aliphatic rings. The van der Waals surface area contributed by atoms with E-state index in [-0.39, 0.29) is 0 Å². The highest BCUT2D eigenvalue weighted by molar-refractivity contribution is 5.76. The molecule has 0 saturated carbocycles. The first kappa shape index (κ1) is 15.8. The summed E-state index contributed by atoms with van der Waals surface area (Å²) in [7, 11) is 0. The van der Waals surface area contributed by atoms with Crippen LogP contribution in [0.15, 0.2) is 84.9 Å². The number of carboxylic acids is 1. The molecule has 3 nitrogen and oxygen atoms in total. The van der Waals surface area contributed by atoms with Crippen LogP contribution in [0, 0.1) is 0 Å². The van der Waals surface area contributed by atoms with Gasteiger partial charge in [-0.05, 0) is 35.7 Å². The molecule has 0 aliphatic carbocycles. The number of rotatable bonds is 6. The number of hydrogen-bond acceptors (Lipinski definition) is 2. The van der Waals surface area contributed by atoms with E-state index in [2.05, 4.69) is 0 Å². The lowest BCUT2D eigenvalue weighted by molar-refractivity contribution is -0.138. The highest BCUT2D eigenvalue weighted by Crippen LogP contribution is 2.30. The van der Waals surface area contributed by atoms with E-state index in [4.69, 9.17) is 4.74 Å². The molecular formula is C21H18O3. The Kier molecular flexibility index (Phi) is 4.92. The Hall–Kier alpha value is -3.07. The van der Waals surface area contributed by atoms with Crippen molar-refractivity contribution >= 4 is 5.97 Å². The minimum atomic E-state index is -0.837. The average molecular weight is 318 g/mol. The van der Waals surface area contributed by atoms with Crippen molar-refractivity contribution in [3.63, 3.8) is 0 Å². The van der Waals surface area contributed by atoms with Crippen LogP contribution in [-0.2, 0) is 11.2 Å². The zero-order valence-corrected chi connectivity index (χ0v) is 13.1. The smallest absolute Gasteiger partial charge is 0.311 e. The fraction of sp³-hybridized carbons (Fsp3) is 0.0952. The zero-order chi connectivity index (χ0) is 16.8. The lowest BCUT2D eigenvalue weighted by Gasteiger charge is -2.16. The van der Waals surface area contributed by atoms with Gasteiger partial charge in [0.25, 0.3) is 0 Å². The van der Waals surface area contributed by atoms with E-state index in [1.54, 1.807) is 0 Å². The molecule has 3 rings (SSSR count). The number of carbonyl (C=O) groups is 1. The van der Waals surface area contributed by atoms with E-state index in [0.717, 1.165) is 16.9 Å². The van der Waals surface area contributed by atoms with Crippen molar-refractivity contribution in [2.75, 3.05) is 0 Å². The molecule has 0 radical (unpaired) electrons. The third-order valence-electron chi connectivity index (χ3n) is 3.87. The van der Waals surface area contributed by atoms with Crippen LogP contribution in [0.4, 0.5) is 0 Å². The van der Waals surface area contributed by atoms with Gasteiger partial charge >= 0.3 is 5.97 Å². The summed E-state index contributed by atoms with van der Waals surface area (Å²) < 4.78 is 5.93. The van der Waals surface area contributed by atoms with E-state index >= 15 is 0 Å². The number of ether oxygens (including phenoxy) is 1. The highest BCUT2D eigenvalue weighted by atomic mass is 16.5. The lowest BCUT2D eigenvalue weighted by atomic mass is 9.92. The first-order chi connectivity index (χ1) is 11.7. The Morgan fingerprint density at radius 2 is 1.42 bits per heavy atom. The summed E-state index contributed by atoms with van der Waals surface area (Å²) in [6.45, 7) is 0. The Balaban J connectivity index is 1.87. The second-order valence-corrected chi connectivity index (χ2v) is 5.53. The van der Waals surface area contributed by atoms with Gasteiger partial charge in [-0.3, -0.25) is 4.79 Å². The van der Waals surface area contributed by atoms with Gasteiger partial charge in [0.05, 0.1) is 5.92 Å². The fourth-order valence-electron chi connectivity index (χ4n) is 2.64. The summed E-state index contributed by atoms with van der Waals surface area (Å²) in [5, 5.41) is 9.63. The zero-order valence-electron chi connectivity index (χ0n) is 13.1. The maximum atomic E-state index is 11.7. The number of benzene rings is 3. The largest absolute Gasteiger partial charge is 0.481 e. The first-order valence-electron chi connectivity index (χ1n) is 7.82. The molecule has 0 heterocycles. The quantitative estimate of drug-likeness (QED) is 0.704. The van der Waals surface area contributed by atoms with Crippen LogP contribution >= 0.6 is 0 Å². The van der Waals surface area contributed by atoms with Crippen molar-refractivity contribution in [1.29, 1.82) is 0 Å². The van der Waals surface area contributed by atoms with Gasteiger partial charge in [0.2, 0.25) is 0 Å². The molecule has 0 saturated heterocycles. The van der Waals surface area contributed by atoms with Crippen molar-refractivity contribution in [2.45, 2.75) is 12.3 Å². The van der Waals surface area contributed by atoms with Crippen molar-refractivity contribution < 1.29 is 14.6 Å². The second-order valence-electron chi connectivity index (χ2n) is 5.53. The van der Waals surface area contributed by atoms with Gasteiger partial charge < -0.3 is 9.84 Å². The molecule has 1 unspecified atom stereocenters. The van der Waals surface area contributed by atoms with Crippen molar-refractivity contribution in [3.8, 4) is 11.5 Å². The SMILES string of the molecule is O=C(O)C(Cc1ccccc1Oc1ccccc1)c1ccccc1. The average Bonchev–Trinajstić information content (AvgIpc) is 2.62. The van der Waals surface area contributed by atoms with E-state index in [1.807, 2.05) is 84.9 Å². The van der Waals surface area contributed by atoms with Gasteiger partial charge in [-0.25, -0.2) is 0 Å². The number of para-hydroxylation sites is 2. The van der Waals surface area contributed by atoms with Crippen LogP contribution < -0.4 is 4.74 Å². The van der Waals surface area contributed by atoms with Crippen LogP contribution in [0.3, 0.4) is 0 Å². The van der Waals surface area contributed by atoms with Gasteiger partial charge in [-0.2, -0.15) is 0 Å². The van der Waals surface area contributed by atoms with E-state index in [9.17, 15) is 9.90 Å². The molecular weight excluding hydrogens is 300 g/mol. The Morgan fingerprint density at radius 1 is 0.833 bits per heavy atom.